The summed E-state index contributed by atoms with van der Waals surface area (Å²) in [6.07, 6.45) is 3.64. The van der Waals surface area contributed by atoms with Gasteiger partial charge < -0.3 is 10.3 Å². The second-order valence-electron chi connectivity index (χ2n) is 6.85. The molecule has 0 fully saturated rings. The largest absolute Gasteiger partial charge is 0.361 e. The van der Waals surface area contributed by atoms with Crippen LogP contribution in [-0.2, 0) is 7.05 Å². The van der Waals surface area contributed by atoms with Crippen molar-refractivity contribution in [1.29, 1.82) is 0 Å². The van der Waals surface area contributed by atoms with Gasteiger partial charge in [-0.1, -0.05) is 12.1 Å². The molecule has 1 amide bonds. The Morgan fingerprint density at radius 1 is 1.11 bits per heavy atom. The average molecular weight is 370 g/mol. The summed E-state index contributed by atoms with van der Waals surface area (Å²) in [5.41, 5.74) is 6.01. The van der Waals surface area contributed by atoms with Gasteiger partial charge in [-0.3, -0.25) is 14.6 Å². The van der Waals surface area contributed by atoms with E-state index in [-0.39, 0.29) is 5.91 Å². The van der Waals surface area contributed by atoms with Gasteiger partial charge in [-0.15, -0.1) is 0 Å². The molecule has 3 aromatic heterocycles. The first-order chi connectivity index (χ1) is 13.6. The van der Waals surface area contributed by atoms with E-state index in [9.17, 15) is 4.79 Å². The van der Waals surface area contributed by atoms with E-state index in [1.165, 1.54) is 0 Å². The summed E-state index contributed by atoms with van der Waals surface area (Å²) in [6.45, 7) is 1.91. The highest BCUT2D eigenvalue weighted by atomic mass is 16.1. The zero-order valence-electron chi connectivity index (χ0n) is 15.4. The lowest BCUT2D eigenvalue weighted by Crippen LogP contribution is -2.13. The van der Waals surface area contributed by atoms with Gasteiger partial charge in [0.15, 0.2) is 5.69 Å². The summed E-state index contributed by atoms with van der Waals surface area (Å²) in [7, 11) is 1.82. The molecule has 0 bridgehead atoms. The average Bonchev–Trinajstić information content (AvgIpc) is 3.41. The summed E-state index contributed by atoms with van der Waals surface area (Å²) in [5.74, 6) is -0.247. The highest BCUT2D eigenvalue weighted by Crippen LogP contribution is 2.34. The van der Waals surface area contributed by atoms with Gasteiger partial charge >= 0.3 is 0 Å². The highest BCUT2D eigenvalue weighted by molar-refractivity contribution is 6.09. The van der Waals surface area contributed by atoms with Crippen LogP contribution in [0, 0.1) is 6.92 Å². The maximum atomic E-state index is 12.7. The van der Waals surface area contributed by atoms with E-state index in [1.54, 1.807) is 16.9 Å². The number of fused-ring (bicyclic) bond motifs is 2. The third-order valence-corrected chi connectivity index (χ3v) is 5.06. The van der Waals surface area contributed by atoms with Gasteiger partial charge in [0.05, 0.1) is 17.4 Å². The number of hydrogen-bond acceptors (Lipinski definition) is 3. The first-order valence-electron chi connectivity index (χ1n) is 8.96. The number of aromatic amines is 2. The van der Waals surface area contributed by atoms with E-state index in [2.05, 4.69) is 37.7 Å². The summed E-state index contributed by atoms with van der Waals surface area (Å²) < 4.78 is 1.69. The molecule has 7 nitrogen and oxygen atoms in total. The van der Waals surface area contributed by atoms with Crippen LogP contribution in [0.15, 0.2) is 54.9 Å². The molecule has 5 aromatic rings. The van der Waals surface area contributed by atoms with Gasteiger partial charge in [0.1, 0.15) is 0 Å². The number of aryl methyl sites for hydroxylation is 2. The maximum absolute atomic E-state index is 12.7. The van der Waals surface area contributed by atoms with Crippen molar-refractivity contribution in [2.24, 2.45) is 7.05 Å². The predicted octanol–water partition coefficient (Wildman–Crippen LogP) is 4.01. The molecule has 0 aliphatic heterocycles. The second-order valence-corrected chi connectivity index (χ2v) is 6.85. The van der Waals surface area contributed by atoms with E-state index in [0.717, 1.165) is 38.6 Å². The number of benzene rings is 2. The molecule has 0 atom stereocenters. The van der Waals surface area contributed by atoms with Crippen LogP contribution in [0.3, 0.4) is 0 Å². The van der Waals surface area contributed by atoms with E-state index >= 15 is 0 Å². The van der Waals surface area contributed by atoms with Crippen LogP contribution in [0.2, 0.25) is 0 Å². The Kier molecular flexibility index (Phi) is 3.55. The van der Waals surface area contributed by atoms with E-state index < -0.39 is 0 Å². The van der Waals surface area contributed by atoms with Crippen LogP contribution < -0.4 is 5.32 Å². The van der Waals surface area contributed by atoms with Crippen molar-refractivity contribution >= 4 is 33.4 Å². The Morgan fingerprint density at radius 3 is 2.82 bits per heavy atom. The van der Waals surface area contributed by atoms with Crippen molar-refractivity contribution in [3.05, 3.63) is 66.2 Å². The zero-order valence-corrected chi connectivity index (χ0v) is 15.4. The molecule has 0 saturated carbocycles. The van der Waals surface area contributed by atoms with Crippen molar-refractivity contribution < 1.29 is 4.79 Å². The first-order valence-corrected chi connectivity index (χ1v) is 8.96. The number of rotatable bonds is 3. The highest BCUT2D eigenvalue weighted by Gasteiger charge is 2.15. The van der Waals surface area contributed by atoms with Crippen LogP contribution >= 0.6 is 0 Å². The monoisotopic (exact) mass is 370 g/mol. The summed E-state index contributed by atoms with van der Waals surface area (Å²) in [5, 5.41) is 16.4. The lowest BCUT2D eigenvalue weighted by atomic mass is 9.99. The topological polar surface area (TPSA) is 91.4 Å². The number of H-pyrrole nitrogens is 2. The zero-order chi connectivity index (χ0) is 19.3. The Labute approximate surface area is 160 Å². The Hall–Kier alpha value is -3.87. The third-order valence-electron chi connectivity index (χ3n) is 5.06. The first kappa shape index (κ1) is 16.3. The van der Waals surface area contributed by atoms with Crippen molar-refractivity contribution in [3.63, 3.8) is 0 Å². The molecule has 0 aliphatic rings. The van der Waals surface area contributed by atoms with Crippen LogP contribution in [0.4, 0.5) is 5.69 Å². The van der Waals surface area contributed by atoms with E-state index in [0.29, 0.717) is 11.4 Å². The SMILES string of the molecule is Cc1cc(C(=O)Nc2cc(-c3cccc4[nH]ccc34)cc3[nH]ncc23)nn1C. The molecule has 138 valence electrons. The summed E-state index contributed by atoms with van der Waals surface area (Å²) in [6, 6.07) is 14.0. The van der Waals surface area contributed by atoms with Gasteiger partial charge in [0, 0.05) is 35.2 Å². The van der Waals surface area contributed by atoms with Crippen molar-refractivity contribution in [2.75, 3.05) is 5.32 Å². The molecule has 0 unspecified atom stereocenters. The van der Waals surface area contributed by atoms with Crippen LogP contribution in [0.25, 0.3) is 32.9 Å². The molecule has 28 heavy (non-hydrogen) atoms. The maximum Gasteiger partial charge on any atom is 0.276 e. The Bertz CT molecular complexity index is 1320. The second kappa shape index (κ2) is 6.09. The van der Waals surface area contributed by atoms with Crippen molar-refractivity contribution in [1.82, 2.24) is 25.0 Å². The van der Waals surface area contributed by atoms with E-state index in [4.69, 9.17) is 0 Å². The number of nitrogens with zero attached hydrogens (tertiary/aromatic N) is 3. The van der Waals surface area contributed by atoms with Gasteiger partial charge in [0.25, 0.3) is 5.91 Å². The minimum Gasteiger partial charge on any atom is -0.361 e. The molecule has 2 aromatic carbocycles. The number of amides is 1. The van der Waals surface area contributed by atoms with Gasteiger partial charge in [-0.25, -0.2) is 0 Å². The van der Waals surface area contributed by atoms with Gasteiger partial charge in [0.2, 0.25) is 0 Å². The molecular weight excluding hydrogens is 352 g/mol. The Morgan fingerprint density at radius 2 is 2.00 bits per heavy atom. The quantitative estimate of drug-likeness (QED) is 0.448. The van der Waals surface area contributed by atoms with Crippen molar-refractivity contribution in [3.8, 4) is 11.1 Å². The number of carbonyl (C=O) groups excluding carboxylic acids is 1. The minimum atomic E-state index is -0.247. The molecule has 3 N–H and O–H groups in total. The fourth-order valence-electron chi connectivity index (χ4n) is 3.51. The lowest BCUT2D eigenvalue weighted by Gasteiger charge is -2.10. The molecule has 5 rings (SSSR count). The van der Waals surface area contributed by atoms with Crippen LogP contribution in [-0.4, -0.2) is 30.9 Å². The number of hydrogen-bond donors (Lipinski definition) is 3. The van der Waals surface area contributed by atoms with E-state index in [1.807, 2.05) is 44.4 Å². The molecule has 0 aliphatic carbocycles. The molecular formula is C21H18N6O. The predicted molar refractivity (Wildman–Crippen MR) is 109 cm³/mol. The minimum absolute atomic E-state index is 0.247. The number of carbonyl (C=O) groups is 1. The number of anilines is 1. The number of aromatic nitrogens is 5. The molecule has 0 saturated heterocycles. The van der Waals surface area contributed by atoms with Crippen LogP contribution in [0.5, 0.6) is 0 Å². The Balaban J connectivity index is 1.62. The molecule has 7 heteroatoms. The standard InChI is InChI=1S/C21H18N6O/c1-12-8-20(26-27(12)2)21(28)24-18-9-13(10-19-16(18)11-23-25-19)14-4-3-5-17-15(14)6-7-22-17/h3-11,22H,1-2H3,(H,23,25)(H,24,28). The fourth-order valence-corrected chi connectivity index (χ4v) is 3.51. The lowest BCUT2D eigenvalue weighted by molar-refractivity contribution is 0.102. The van der Waals surface area contributed by atoms with Crippen LogP contribution in [0.1, 0.15) is 16.2 Å². The fraction of sp³-hybridized carbons (Fsp3) is 0.0952. The summed E-state index contributed by atoms with van der Waals surface area (Å²) >= 11 is 0. The normalized spacial score (nSPS) is 11.4. The molecule has 0 spiro atoms. The molecule has 0 radical (unpaired) electrons. The van der Waals surface area contributed by atoms with Gasteiger partial charge in [-0.2, -0.15) is 10.2 Å². The third kappa shape index (κ3) is 2.56. The van der Waals surface area contributed by atoms with Gasteiger partial charge in [-0.05, 0) is 48.4 Å². The summed E-state index contributed by atoms with van der Waals surface area (Å²) in [4.78, 5) is 16.0. The molecule has 3 heterocycles. The van der Waals surface area contributed by atoms with Crippen molar-refractivity contribution in [2.45, 2.75) is 6.92 Å². The smallest absolute Gasteiger partial charge is 0.276 e. The number of nitrogens with one attached hydrogen (secondary N) is 3.